The van der Waals surface area contributed by atoms with E-state index in [1.165, 1.54) is 0 Å². The molecule has 72 valence electrons. The second-order valence-corrected chi connectivity index (χ2v) is 3.45. The first kappa shape index (κ1) is 9.02. The summed E-state index contributed by atoms with van der Waals surface area (Å²) in [6.45, 7) is 0. The van der Waals surface area contributed by atoms with Gasteiger partial charge >= 0.3 is 0 Å². The van der Waals surface area contributed by atoms with Crippen molar-refractivity contribution in [1.29, 1.82) is 0 Å². The third-order valence-electron chi connectivity index (χ3n) is 2.21. The molecule has 1 aromatic carbocycles. The van der Waals surface area contributed by atoms with Crippen molar-refractivity contribution in [3.63, 3.8) is 0 Å². The SMILES string of the molecule is CNC(=S)c1cc2ccccc2n1N. The molecule has 0 aliphatic heterocycles. The van der Waals surface area contributed by atoms with Crippen molar-refractivity contribution in [2.45, 2.75) is 0 Å². The molecule has 3 nitrogen and oxygen atoms in total. The Kier molecular flexibility index (Phi) is 2.13. The highest BCUT2D eigenvalue weighted by molar-refractivity contribution is 7.80. The zero-order chi connectivity index (χ0) is 10.1. The number of nitrogens with zero attached hydrogens (tertiary/aromatic N) is 1. The molecule has 14 heavy (non-hydrogen) atoms. The van der Waals surface area contributed by atoms with Gasteiger partial charge in [-0.25, -0.2) is 0 Å². The average Bonchev–Trinajstić information content (AvgIpc) is 2.56. The zero-order valence-electron chi connectivity index (χ0n) is 7.82. The molecule has 1 heterocycles. The number of para-hydroxylation sites is 1. The number of hydrogen-bond acceptors (Lipinski definition) is 2. The quantitative estimate of drug-likeness (QED) is 0.544. The molecule has 0 aliphatic rings. The standard InChI is InChI=1S/C10H11N3S/c1-12-10(14)9-6-7-4-2-3-5-8(7)13(9)11/h2-6H,11H2,1H3,(H,12,14). The van der Waals surface area contributed by atoms with Crippen molar-refractivity contribution in [2.75, 3.05) is 12.9 Å². The van der Waals surface area contributed by atoms with Gasteiger partial charge in [0.15, 0.2) is 0 Å². The first-order chi connectivity index (χ1) is 6.74. The van der Waals surface area contributed by atoms with Crippen LogP contribution in [-0.2, 0) is 0 Å². The van der Waals surface area contributed by atoms with E-state index in [-0.39, 0.29) is 0 Å². The lowest BCUT2D eigenvalue weighted by atomic mass is 10.2. The van der Waals surface area contributed by atoms with E-state index in [9.17, 15) is 0 Å². The highest BCUT2D eigenvalue weighted by Gasteiger charge is 2.08. The first-order valence-corrected chi connectivity index (χ1v) is 4.72. The number of nitrogens with one attached hydrogen (secondary N) is 1. The molecule has 4 heteroatoms. The lowest BCUT2D eigenvalue weighted by Crippen LogP contribution is -2.23. The van der Waals surface area contributed by atoms with E-state index in [1.54, 1.807) is 11.7 Å². The third kappa shape index (κ3) is 1.24. The number of hydrogen-bond donors (Lipinski definition) is 2. The molecule has 2 rings (SSSR count). The van der Waals surface area contributed by atoms with Crippen molar-refractivity contribution in [1.82, 2.24) is 9.99 Å². The molecule has 1 aromatic heterocycles. The van der Waals surface area contributed by atoms with Gasteiger partial charge in [0, 0.05) is 12.4 Å². The maximum Gasteiger partial charge on any atom is 0.125 e. The van der Waals surface area contributed by atoms with Gasteiger partial charge in [-0.2, -0.15) is 0 Å². The van der Waals surface area contributed by atoms with Crippen molar-refractivity contribution in [3.8, 4) is 0 Å². The molecule has 0 amide bonds. The van der Waals surface area contributed by atoms with E-state index in [1.807, 2.05) is 30.3 Å². The molecule has 3 N–H and O–H groups in total. The normalized spacial score (nSPS) is 10.4. The highest BCUT2D eigenvalue weighted by Crippen LogP contribution is 2.16. The minimum absolute atomic E-state index is 0.656. The maximum absolute atomic E-state index is 5.90. The van der Waals surface area contributed by atoms with Crippen LogP contribution in [0.3, 0.4) is 0 Å². The molecule has 0 radical (unpaired) electrons. The summed E-state index contributed by atoms with van der Waals surface area (Å²) in [7, 11) is 1.79. The fourth-order valence-corrected chi connectivity index (χ4v) is 1.64. The van der Waals surface area contributed by atoms with E-state index in [0.717, 1.165) is 16.6 Å². The third-order valence-corrected chi connectivity index (χ3v) is 2.62. The van der Waals surface area contributed by atoms with Gasteiger partial charge in [-0.15, -0.1) is 0 Å². The van der Waals surface area contributed by atoms with Crippen LogP contribution in [0.15, 0.2) is 30.3 Å². The van der Waals surface area contributed by atoms with E-state index >= 15 is 0 Å². The Morgan fingerprint density at radius 3 is 2.79 bits per heavy atom. The van der Waals surface area contributed by atoms with Gasteiger partial charge in [-0.3, -0.25) is 4.68 Å². The largest absolute Gasteiger partial charge is 0.378 e. The summed E-state index contributed by atoms with van der Waals surface area (Å²) >= 11 is 5.14. The van der Waals surface area contributed by atoms with E-state index in [4.69, 9.17) is 18.1 Å². The monoisotopic (exact) mass is 205 g/mol. The average molecular weight is 205 g/mol. The molecule has 0 aliphatic carbocycles. The van der Waals surface area contributed by atoms with Gasteiger partial charge in [-0.1, -0.05) is 30.4 Å². The van der Waals surface area contributed by atoms with Gasteiger partial charge in [0.1, 0.15) is 4.99 Å². The van der Waals surface area contributed by atoms with Gasteiger partial charge in [0.05, 0.1) is 11.2 Å². The Bertz CT molecular complexity index is 487. The molecule has 0 saturated carbocycles. The smallest absolute Gasteiger partial charge is 0.125 e. The fraction of sp³-hybridized carbons (Fsp3) is 0.100. The summed E-state index contributed by atoms with van der Waals surface area (Å²) in [4.78, 5) is 0.656. The van der Waals surface area contributed by atoms with Gasteiger partial charge in [0.25, 0.3) is 0 Å². The van der Waals surface area contributed by atoms with Crippen LogP contribution in [0.2, 0.25) is 0 Å². The summed E-state index contributed by atoms with van der Waals surface area (Å²) < 4.78 is 1.61. The predicted molar refractivity (Wildman–Crippen MR) is 62.8 cm³/mol. The van der Waals surface area contributed by atoms with Crippen molar-refractivity contribution < 1.29 is 0 Å². The molecule has 0 bridgehead atoms. The Hall–Kier alpha value is -1.55. The molecule has 2 aromatic rings. The minimum Gasteiger partial charge on any atom is -0.378 e. The van der Waals surface area contributed by atoms with Crippen LogP contribution in [0.4, 0.5) is 0 Å². The molecule has 0 saturated heterocycles. The van der Waals surface area contributed by atoms with Crippen molar-refractivity contribution in [2.24, 2.45) is 0 Å². The lowest BCUT2D eigenvalue weighted by molar-refractivity contribution is 1.03. The summed E-state index contributed by atoms with van der Waals surface area (Å²) in [6.07, 6.45) is 0. The summed E-state index contributed by atoms with van der Waals surface area (Å²) in [6, 6.07) is 9.90. The number of benzene rings is 1. The molecule has 0 fully saturated rings. The van der Waals surface area contributed by atoms with Crippen LogP contribution in [0.5, 0.6) is 0 Å². The molecular formula is C10H11N3S. The van der Waals surface area contributed by atoms with Crippen LogP contribution < -0.4 is 11.2 Å². The molecular weight excluding hydrogens is 194 g/mol. The van der Waals surface area contributed by atoms with Crippen LogP contribution in [0, 0.1) is 0 Å². The minimum atomic E-state index is 0.656. The second-order valence-electron chi connectivity index (χ2n) is 3.04. The predicted octanol–water partition coefficient (Wildman–Crippen LogP) is 1.25. The Labute approximate surface area is 87.5 Å². The summed E-state index contributed by atoms with van der Waals surface area (Å²) in [5.74, 6) is 5.90. The molecule has 0 spiro atoms. The number of aromatic nitrogens is 1. The van der Waals surface area contributed by atoms with Crippen LogP contribution in [-0.4, -0.2) is 16.7 Å². The number of rotatable bonds is 1. The number of nitrogens with two attached hydrogens (primary N) is 1. The van der Waals surface area contributed by atoms with E-state index in [0.29, 0.717) is 4.99 Å². The van der Waals surface area contributed by atoms with Crippen LogP contribution >= 0.6 is 12.2 Å². The number of thiocarbonyl (C=S) groups is 1. The molecule has 0 unspecified atom stereocenters. The summed E-state index contributed by atoms with van der Waals surface area (Å²) in [5.41, 5.74) is 1.82. The Morgan fingerprint density at radius 1 is 1.43 bits per heavy atom. The lowest BCUT2D eigenvalue weighted by Gasteiger charge is -2.04. The highest BCUT2D eigenvalue weighted by atomic mass is 32.1. The topological polar surface area (TPSA) is 43.0 Å². The zero-order valence-corrected chi connectivity index (χ0v) is 8.64. The van der Waals surface area contributed by atoms with Crippen molar-refractivity contribution in [3.05, 3.63) is 36.0 Å². The van der Waals surface area contributed by atoms with E-state index in [2.05, 4.69) is 5.32 Å². The maximum atomic E-state index is 5.90. The Balaban J connectivity index is 2.68. The molecule has 0 atom stereocenters. The van der Waals surface area contributed by atoms with Gasteiger partial charge in [0.2, 0.25) is 0 Å². The van der Waals surface area contributed by atoms with Crippen molar-refractivity contribution >= 4 is 28.1 Å². The summed E-state index contributed by atoms with van der Waals surface area (Å²) in [5, 5.41) is 4.01. The number of fused-ring (bicyclic) bond motifs is 1. The first-order valence-electron chi connectivity index (χ1n) is 4.31. The van der Waals surface area contributed by atoms with Crippen LogP contribution in [0.1, 0.15) is 5.69 Å². The van der Waals surface area contributed by atoms with Gasteiger partial charge < -0.3 is 11.2 Å². The van der Waals surface area contributed by atoms with Crippen LogP contribution in [0.25, 0.3) is 10.9 Å². The van der Waals surface area contributed by atoms with E-state index < -0.39 is 0 Å². The fourth-order valence-electron chi connectivity index (χ4n) is 1.48. The van der Waals surface area contributed by atoms with Gasteiger partial charge in [-0.05, 0) is 12.1 Å². The number of nitrogen functional groups attached to an aromatic ring is 1. The Morgan fingerprint density at radius 2 is 2.14 bits per heavy atom. The second kappa shape index (κ2) is 3.31.